The molecule has 0 bridgehead atoms. The predicted molar refractivity (Wildman–Crippen MR) is 74.5 cm³/mol. The normalized spacial score (nSPS) is 12.1. The monoisotopic (exact) mass is 250 g/mol. The van der Waals surface area contributed by atoms with E-state index in [9.17, 15) is 0 Å². The van der Waals surface area contributed by atoms with Crippen molar-refractivity contribution >= 4 is 34.3 Å². The van der Waals surface area contributed by atoms with Crippen LogP contribution < -0.4 is 0 Å². The molecule has 0 saturated carbocycles. The standard InChI is InChI=1S/C12H14N2S2/c1-12(2,3)14-11(13-9-15)16-10-7-5-4-6-8-10/h4-8H,1-3H3. The Morgan fingerprint density at radius 1 is 1.25 bits per heavy atom. The van der Waals surface area contributed by atoms with E-state index in [2.05, 4.69) is 27.4 Å². The predicted octanol–water partition coefficient (Wildman–Crippen LogP) is 4.04. The largest absolute Gasteiger partial charge is 0.254 e. The van der Waals surface area contributed by atoms with E-state index >= 15 is 0 Å². The first-order valence-electron chi connectivity index (χ1n) is 4.92. The van der Waals surface area contributed by atoms with Gasteiger partial charge in [0.2, 0.25) is 0 Å². The summed E-state index contributed by atoms with van der Waals surface area (Å²) in [6, 6.07) is 9.98. The first kappa shape index (κ1) is 13.1. The molecule has 84 valence electrons. The number of thiocarbonyl (C=S) groups is 1. The summed E-state index contributed by atoms with van der Waals surface area (Å²) < 4.78 is 0. The van der Waals surface area contributed by atoms with E-state index in [4.69, 9.17) is 0 Å². The molecule has 0 aromatic heterocycles. The van der Waals surface area contributed by atoms with Gasteiger partial charge in [0, 0.05) is 4.90 Å². The highest BCUT2D eigenvalue weighted by atomic mass is 32.2. The van der Waals surface area contributed by atoms with Crippen LogP contribution >= 0.6 is 24.0 Å². The third-order valence-electron chi connectivity index (χ3n) is 1.52. The highest BCUT2D eigenvalue weighted by Crippen LogP contribution is 2.22. The molecule has 2 nitrogen and oxygen atoms in total. The van der Waals surface area contributed by atoms with Crippen LogP contribution in [0.4, 0.5) is 0 Å². The summed E-state index contributed by atoms with van der Waals surface area (Å²) >= 11 is 6.12. The van der Waals surface area contributed by atoms with Crippen LogP contribution in [0.3, 0.4) is 0 Å². The number of hydrogen-bond donors (Lipinski definition) is 0. The van der Waals surface area contributed by atoms with Crippen molar-refractivity contribution in [1.82, 2.24) is 0 Å². The second-order valence-electron chi connectivity index (χ2n) is 4.18. The van der Waals surface area contributed by atoms with E-state index in [1.165, 1.54) is 11.8 Å². The molecule has 1 aromatic rings. The summed E-state index contributed by atoms with van der Waals surface area (Å²) in [5.74, 6) is 0. The van der Waals surface area contributed by atoms with Crippen molar-refractivity contribution in [2.24, 2.45) is 9.98 Å². The second-order valence-corrected chi connectivity index (χ2v) is 5.41. The molecule has 0 atom stereocenters. The average molecular weight is 250 g/mol. The van der Waals surface area contributed by atoms with Crippen molar-refractivity contribution in [3.05, 3.63) is 30.3 Å². The highest BCUT2D eigenvalue weighted by Gasteiger charge is 2.10. The molecule has 0 aliphatic heterocycles. The van der Waals surface area contributed by atoms with E-state index in [1.54, 1.807) is 0 Å². The van der Waals surface area contributed by atoms with Gasteiger partial charge in [-0.3, -0.25) is 4.99 Å². The molecule has 0 unspecified atom stereocenters. The summed E-state index contributed by atoms with van der Waals surface area (Å²) in [5.41, 5.74) is -0.160. The Bertz CT molecular complexity index is 412. The van der Waals surface area contributed by atoms with Gasteiger partial charge in [-0.2, -0.15) is 4.99 Å². The van der Waals surface area contributed by atoms with Crippen molar-refractivity contribution in [2.45, 2.75) is 31.2 Å². The van der Waals surface area contributed by atoms with Crippen LogP contribution in [0.5, 0.6) is 0 Å². The van der Waals surface area contributed by atoms with Gasteiger partial charge in [-0.05, 0) is 56.9 Å². The lowest BCUT2D eigenvalue weighted by molar-refractivity contribution is 0.585. The molecule has 4 heteroatoms. The van der Waals surface area contributed by atoms with Gasteiger partial charge in [0.1, 0.15) is 0 Å². The van der Waals surface area contributed by atoms with Crippen LogP contribution in [0.1, 0.15) is 20.8 Å². The van der Waals surface area contributed by atoms with Gasteiger partial charge in [-0.15, -0.1) is 0 Å². The number of nitrogens with zero attached hydrogens (tertiary/aromatic N) is 2. The van der Waals surface area contributed by atoms with Crippen molar-refractivity contribution in [3.8, 4) is 0 Å². The molecule has 0 aliphatic rings. The first-order chi connectivity index (χ1) is 7.51. The minimum absolute atomic E-state index is 0.160. The first-order valence-corrected chi connectivity index (χ1v) is 6.14. The number of amidine groups is 1. The van der Waals surface area contributed by atoms with Crippen LogP contribution in [-0.4, -0.2) is 15.9 Å². The van der Waals surface area contributed by atoms with Crippen LogP contribution in [0.2, 0.25) is 0 Å². The average Bonchev–Trinajstić information content (AvgIpc) is 2.17. The summed E-state index contributed by atoms with van der Waals surface area (Å²) in [6.07, 6.45) is 0. The van der Waals surface area contributed by atoms with E-state index in [-0.39, 0.29) is 5.54 Å². The zero-order valence-electron chi connectivity index (χ0n) is 9.60. The van der Waals surface area contributed by atoms with Gasteiger partial charge in [-0.1, -0.05) is 18.2 Å². The Kier molecular flexibility index (Phi) is 4.87. The van der Waals surface area contributed by atoms with Crippen molar-refractivity contribution in [3.63, 3.8) is 0 Å². The topological polar surface area (TPSA) is 24.7 Å². The second kappa shape index (κ2) is 5.94. The summed E-state index contributed by atoms with van der Waals surface area (Å²) in [6.45, 7) is 6.08. The minimum Gasteiger partial charge on any atom is -0.254 e. The van der Waals surface area contributed by atoms with Crippen LogP contribution in [0.15, 0.2) is 45.2 Å². The third-order valence-corrected chi connectivity index (χ3v) is 2.49. The fraction of sp³-hybridized carbons (Fsp3) is 0.333. The molecular weight excluding hydrogens is 236 g/mol. The fourth-order valence-electron chi connectivity index (χ4n) is 0.991. The number of isothiocyanates is 1. The number of rotatable bonds is 1. The zero-order chi connectivity index (χ0) is 12.0. The molecule has 0 spiro atoms. The van der Waals surface area contributed by atoms with Gasteiger partial charge in [0.05, 0.1) is 10.7 Å². The number of thioether (sulfide) groups is 1. The molecule has 0 fully saturated rings. The molecule has 0 saturated heterocycles. The maximum Gasteiger partial charge on any atom is 0.198 e. The van der Waals surface area contributed by atoms with Gasteiger partial charge >= 0.3 is 0 Å². The maximum absolute atomic E-state index is 4.62. The van der Waals surface area contributed by atoms with Crippen LogP contribution in [0, 0.1) is 0 Å². The quantitative estimate of drug-likeness (QED) is 0.325. The highest BCUT2D eigenvalue weighted by molar-refractivity contribution is 8.14. The lowest BCUT2D eigenvalue weighted by Gasteiger charge is -2.12. The maximum atomic E-state index is 4.62. The summed E-state index contributed by atoms with van der Waals surface area (Å²) in [5, 5.41) is 3.01. The third kappa shape index (κ3) is 5.21. The zero-order valence-corrected chi connectivity index (χ0v) is 11.2. The Morgan fingerprint density at radius 2 is 1.88 bits per heavy atom. The SMILES string of the molecule is CC(C)(C)N=C(N=C=S)Sc1ccccc1. The Hall–Kier alpha value is -0.960. The number of aliphatic imine (C=N–C) groups is 2. The minimum atomic E-state index is -0.160. The van der Waals surface area contributed by atoms with Gasteiger partial charge in [-0.25, -0.2) is 0 Å². The van der Waals surface area contributed by atoms with Gasteiger partial charge in [0.25, 0.3) is 0 Å². The lowest BCUT2D eigenvalue weighted by Crippen LogP contribution is -2.11. The lowest BCUT2D eigenvalue weighted by atomic mass is 10.1. The van der Waals surface area contributed by atoms with E-state index in [1.807, 2.05) is 51.1 Å². The molecule has 0 heterocycles. The van der Waals surface area contributed by atoms with Crippen molar-refractivity contribution in [2.75, 3.05) is 0 Å². The fourth-order valence-corrected chi connectivity index (χ4v) is 2.05. The van der Waals surface area contributed by atoms with E-state index in [0.29, 0.717) is 5.17 Å². The molecule has 0 N–H and O–H groups in total. The molecule has 0 amide bonds. The van der Waals surface area contributed by atoms with Crippen molar-refractivity contribution < 1.29 is 0 Å². The van der Waals surface area contributed by atoms with Gasteiger partial charge in [0.15, 0.2) is 5.17 Å². The van der Waals surface area contributed by atoms with Crippen LogP contribution in [-0.2, 0) is 0 Å². The Labute approximate surface area is 106 Å². The van der Waals surface area contributed by atoms with Gasteiger partial charge < -0.3 is 0 Å². The molecule has 0 radical (unpaired) electrons. The number of benzene rings is 1. The van der Waals surface area contributed by atoms with Crippen molar-refractivity contribution in [1.29, 1.82) is 0 Å². The molecule has 1 rings (SSSR count). The van der Waals surface area contributed by atoms with E-state index in [0.717, 1.165) is 4.90 Å². The Morgan fingerprint density at radius 3 is 2.38 bits per heavy atom. The summed E-state index contributed by atoms with van der Waals surface area (Å²) in [7, 11) is 0. The molecule has 1 aromatic carbocycles. The smallest absolute Gasteiger partial charge is 0.198 e. The molecular formula is C12H14N2S2. The Balaban J connectivity index is 2.89. The number of hydrogen-bond acceptors (Lipinski definition) is 3. The van der Waals surface area contributed by atoms with Crippen LogP contribution in [0.25, 0.3) is 0 Å². The molecule has 0 aliphatic carbocycles. The summed E-state index contributed by atoms with van der Waals surface area (Å²) in [4.78, 5) is 9.56. The van der Waals surface area contributed by atoms with E-state index < -0.39 is 0 Å². The molecule has 16 heavy (non-hydrogen) atoms.